The van der Waals surface area contributed by atoms with Crippen LogP contribution in [0.15, 0.2) is 97.2 Å². The van der Waals surface area contributed by atoms with E-state index >= 15 is 0 Å². The molecule has 0 aliphatic heterocycles. The first-order valence-electron chi connectivity index (χ1n) is 8.31. The number of rotatable bonds is 4. The predicted octanol–water partition coefficient (Wildman–Crippen LogP) is 3.85. The number of aryl methyl sites for hydroxylation is 1. The zero-order chi connectivity index (χ0) is 17.1. The van der Waals surface area contributed by atoms with Gasteiger partial charge in [-0.2, -0.15) is 5.10 Å². The Labute approximate surface area is 149 Å². The molecule has 0 unspecified atom stereocenters. The molecule has 0 N–H and O–H groups in total. The fourth-order valence-corrected chi connectivity index (χ4v) is 5.40. The van der Waals surface area contributed by atoms with Crippen molar-refractivity contribution in [3.8, 4) is 11.3 Å². The molecule has 0 amide bonds. The van der Waals surface area contributed by atoms with Gasteiger partial charge in [-0.25, -0.2) is 0 Å². The van der Waals surface area contributed by atoms with Crippen molar-refractivity contribution >= 4 is 23.8 Å². The lowest BCUT2D eigenvalue weighted by Crippen LogP contribution is -2.20. The Morgan fingerprint density at radius 2 is 1.28 bits per heavy atom. The van der Waals surface area contributed by atoms with Crippen LogP contribution in [-0.2, 0) is 7.05 Å². The molecule has 0 saturated carbocycles. The normalized spacial score (nSPS) is 11.0. The Hall–Kier alpha value is -2.70. The van der Waals surface area contributed by atoms with E-state index in [0.717, 1.165) is 5.69 Å². The van der Waals surface area contributed by atoms with E-state index in [0.29, 0.717) is 0 Å². The molecule has 1 aromatic heterocycles. The van der Waals surface area contributed by atoms with Gasteiger partial charge in [0.2, 0.25) is 0 Å². The SMILES string of the molecule is Cn1nccc1-c1cccc(P(c2ccccc2)c2ccccc2)c1. The maximum atomic E-state index is 4.31. The average molecular weight is 342 g/mol. The number of benzene rings is 3. The van der Waals surface area contributed by atoms with E-state index in [-0.39, 0.29) is 0 Å². The first kappa shape index (κ1) is 15.8. The molecule has 0 saturated heterocycles. The van der Waals surface area contributed by atoms with Crippen LogP contribution in [0.3, 0.4) is 0 Å². The highest BCUT2D eigenvalue weighted by molar-refractivity contribution is 7.79. The number of aromatic nitrogens is 2. The summed E-state index contributed by atoms with van der Waals surface area (Å²) >= 11 is 0. The highest BCUT2D eigenvalue weighted by atomic mass is 31.1. The van der Waals surface area contributed by atoms with Gasteiger partial charge < -0.3 is 0 Å². The molecule has 0 atom stereocenters. The minimum Gasteiger partial charge on any atom is -0.268 e. The van der Waals surface area contributed by atoms with Crippen LogP contribution in [0.1, 0.15) is 0 Å². The van der Waals surface area contributed by atoms with Gasteiger partial charge in [-0.15, -0.1) is 0 Å². The molecule has 4 aromatic rings. The van der Waals surface area contributed by atoms with E-state index in [1.54, 1.807) is 0 Å². The molecule has 1 heterocycles. The molecule has 122 valence electrons. The number of hydrogen-bond donors (Lipinski definition) is 0. The second-order valence-corrected chi connectivity index (χ2v) is 8.12. The molecular formula is C22H19N2P. The van der Waals surface area contributed by atoms with Crippen molar-refractivity contribution < 1.29 is 0 Å². The van der Waals surface area contributed by atoms with E-state index in [4.69, 9.17) is 0 Å². The van der Waals surface area contributed by atoms with Crippen molar-refractivity contribution in [2.24, 2.45) is 7.05 Å². The number of hydrogen-bond acceptors (Lipinski definition) is 1. The lowest BCUT2D eigenvalue weighted by atomic mass is 10.1. The Bertz CT molecular complexity index is 922. The predicted molar refractivity (Wildman–Crippen MR) is 107 cm³/mol. The van der Waals surface area contributed by atoms with Crippen LogP contribution in [0.2, 0.25) is 0 Å². The summed E-state index contributed by atoms with van der Waals surface area (Å²) in [5, 5.41) is 8.39. The minimum atomic E-state index is -0.577. The fraction of sp³-hybridized carbons (Fsp3) is 0.0455. The fourth-order valence-electron chi connectivity index (χ4n) is 3.06. The van der Waals surface area contributed by atoms with Crippen molar-refractivity contribution in [1.82, 2.24) is 9.78 Å². The van der Waals surface area contributed by atoms with Crippen LogP contribution in [-0.4, -0.2) is 9.78 Å². The molecule has 4 rings (SSSR count). The van der Waals surface area contributed by atoms with E-state index in [9.17, 15) is 0 Å². The van der Waals surface area contributed by atoms with E-state index in [2.05, 4.69) is 96.1 Å². The summed E-state index contributed by atoms with van der Waals surface area (Å²) in [5.74, 6) is 0. The van der Waals surface area contributed by atoms with Crippen molar-refractivity contribution in [2.45, 2.75) is 0 Å². The monoisotopic (exact) mass is 342 g/mol. The summed E-state index contributed by atoms with van der Waals surface area (Å²) < 4.78 is 1.92. The van der Waals surface area contributed by atoms with Gasteiger partial charge in [0.25, 0.3) is 0 Å². The van der Waals surface area contributed by atoms with Crippen LogP contribution >= 0.6 is 7.92 Å². The van der Waals surface area contributed by atoms with Crippen LogP contribution in [0.5, 0.6) is 0 Å². The Balaban J connectivity index is 1.85. The summed E-state index contributed by atoms with van der Waals surface area (Å²) in [6, 6.07) is 32.5. The van der Waals surface area contributed by atoms with Gasteiger partial charge >= 0.3 is 0 Å². The maximum Gasteiger partial charge on any atom is 0.0679 e. The highest BCUT2D eigenvalue weighted by Gasteiger charge is 2.17. The highest BCUT2D eigenvalue weighted by Crippen LogP contribution is 2.33. The summed E-state index contributed by atoms with van der Waals surface area (Å²) in [5.41, 5.74) is 2.34. The van der Waals surface area contributed by atoms with Gasteiger partial charge in [-0.3, -0.25) is 4.68 Å². The summed E-state index contributed by atoms with van der Waals surface area (Å²) in [4.78, 5) is 0. The van der Waals surface area contributed by atoms with Crippen LogP contribution in [0.4, 0.5) is 0 Å². The molecular weight excluding hydrogens is 323 g/mol. The van der Waals surface area contributed by atoms with E-state index < -0.39 is 7.92 Å². The molecule has 0 fully saturated rings. The molecule has 2 nitrogen and oxygen atoms in total. The van der Waals surface area contributed by atoms with Gasteiger partial charge in [0.1, 0.15) is 0 Å². The summed E-state index contributed by atoms with van der Waals surface area (Å²) in [6.07, 6.45) is 1.85. The first-order valence-corrected chi connectivity index (χ1v) is 9.66. The van der Waals surface area contributed by atoms with Gasteiger partial charge in [-0.1, -0.05) is 78.9 Å². The zero-order valence-electron chi connectivity index (χ0n) is 14.1. The molecule has 25 heavy (non-hydrogen) atoms. The largest absolute Gasteiger partial charge is 0.268 e. The van der Waals surface area contributed by atoms with E-state index in [1.807, 2.05) is 17.9 Å². The standard InChI is InChI=1S/C22H19N2P/c1-24-22(15-16-23-24)18-9-8-14-21(17-18)25(19-10-4-2-5-11-19)20-12-6-3-7-13-20/h2-17H,1H3. The molecule has 0 bridgehead atoms. The van der Waals surface area contributed by atoms with Crippen molar-refractivity contribution in [2.75, 3.05) is 0 Å². The second-order valence-electron chi connectivity index (χ2n) is 5.90. The summed E-state index contributed by atoms with van der Waals surface area (Å²) in [7, 11) is 1.41. The number of nitrogens with zero attached hydrogens (tertiary/aromatic N) is 2. The van der Waals surface area contributed by atoms with Gasteiger partial charge in [0.05, 0.1) is 5.69 Å². The molecule has 0 radical (unpaired) electrons. The molecule has 0 aliphatic carbocycles. The average Bonchev–Trinajstić information content (AvgIpc) is 3.10. The lowest BCUT2D eigenvalue weighted by molar-refractivity contribution is 0.776. The second kappa shape index (κ2) is 7.04. The third kappa shape index (κ3) is 3.26. The lowest BCUT2D eigenvalue weighted by Gasteiger charge is -2.20. The smallest absolute Gasteiger partial charge is 0.0679 e. The van der Waals surface area contributed by atoms with Crippen LogP contribution in [0.25, 0.3) is 11.3 Å². The quantitative estimate of drug-likeness (QED) is 0.515. The van der Waals surface area contributed by atoms with Gasteiger partial charge in [0, 0.05) is 18.8 Å². The molecule has 3 aromatic carbocycles. The Morgan fingerprint density at radius 1 is 0.680 bits per heavy atom. The van der Waals surface area contributed by atoms with Crippen molar-refractivity contribution in [3.05, 3.63) is 97.2 Å². The first-order chi connectivity index (χ1) is 12.3. The molecule has 0 spiro atoms. The van der Waals surface area contributed by atoms with E-state index in [1.165, 1.54) is 21.5 Å². The topological polar surface area (TPSA) is 17.8 Å². The molecule has 0 aliphatic rings. The maximum absolute atomic E-state index is 4.31. The third-order valence-electron chi connectivity index (χ3n) is 4.25. The zero-order valence-corrected chi connectivity index (χ0v) is 15.0. The Morgan fingerprint density at radius 3 is 1.84 bits per heavy atom. The third-order valence-corrected chi connectivity index (χ3v) is 6.67. The van der Waals surface area contributed by atoms with Crippen LogP contribution in [0, 0.1) is 0 Å². The van der Waals surface area contributed by atoms with Crippen LogP contribution < -0.4 is 15.9 Å². The Kier molecular flexibility index (Phi) is 4.45. The van der Waals surface area contributed by atoms with Gasteiger partial charge in [0.15, 0.2) is 0 Å². The van der Waals surface area contributed by atoms with Crippen molar-refractivity contribution in [1.29, 1.82) is 0 Å². The minimum absolute atomic E-state index is 0.577. The van der Waals surface area contributed by atoms with Crippen molar-refractivity contribution in [3.63, 3.8) is 0 Å². The van der Waals surface area contributed by atoms with Gasteiger partial charge in [-0.05, 0) is 36.0 Å². The molecule has 3 heteroatoms. The summed E-state index contributed by atoms with van der Waals surface area (Å²) in [6.45, 7) is 0.